The summed E-state index contributed by atoms with van der Waals surface area (Å²) in [5.74, 6) is -0.661. The van der Waals surface area contributed by atoms with Crippen molar-refractivity contribution in [2.24, 2.45) is 0 Å². The number of carboxylic acids is 1. The first kappa shape index (κ1) is 25.0. The van der Waals surface area contributed by atoms with Crippen LogP contribution in [0.5, 0.6) is 11.5 Å². The Morgan fingerprint density at radius 1 is 1.11 bits per heavy atom. The monoisotopic (exact) mass is 499 g/mol. The molecule has 0 atom stereocenters. The Kier molecular flexibility index (Phi) is 7.65. The molecular formula is C27H30ClNO6. The maximum Gasteiger partial charge on any atom is 0.305 e. The van der Waals surface area contributed by atoms with Crippen LogP contribution in [0, 0.1) is 0 Å². The second-order valence-corrected chi connectivity index (χ2v) is 9.27. The number of ether oxygens (including phenoxy) is 2. The summed E-state index contributed by atoms with van der Waals surface area (Å²) in [6, 6.07) is 3.56. The molecule has 2 aliphatic carbocycles. The number of hydrogen-bond donors (Lipinski definition) is 1. The van der Waals surface area contributed by atoms with E-state index in [4.69, 9.17) is 21.1 Å². The van der Waals surface area contributed by atoms with Crippen LogP contribution in [-0.4, -0.2) is 47.3 Å². The molecule has 7 nitrogen and oxygen atoms in total. The van der Waals surface area contributed by atoms with E-state index in [2.05, 4.69) is 6.58 Å². The number of rotatable bonds is 9. The number of hydrogen-bond acceptors (Lipinski definition) is 6. The summed E-state index contributed by atoms with van der Waals surface area (Å²) >= 11 is 6.64. The van der Waals surface area contributed by atoms with Gasteiger partial charge in [0.25, 0.3) is 0 Å². The molecule has 0 fully saturated rings. The minimum Gasteiger partial charge on any atom is -0.490 e. The highest BCUT2D eigenvalue weighted by atomic mass is 35.5. The minimum atomic E-state index is -0.913. The fourth-order valence-corrected chi connectivity index (χ4v) is 5.60. The Morgan fingerprint density at radius 3 is 2.29 bits per heavy atom. The highest BCUT2D eigenvalue weighted by molar-refractivity contribution is 6.32. The number of carboxylic acid groups (broad SMARTS) is 1. The SMILES string of the molecule is C=CCOc1c(Cl)cc(C2C3=C(CCCC3=O)N(CCC(=O)O)C3=C2C(=O)CCC3)cc1OCC. The first-order chi connectivity index (χ1) is 16.9. The number of halogens is 1. The average Bonchev–Trinajstić information content (AvgIpc) is 2.82. The van der Waals surface area contributed by atoms with Crippen molar-refractivity contribution in [2.75, 3.05) is 19.8 Å². The van der Waals surface area contributed by atoms with Gasteiger partial charge in [-0.05, 0) is 50.3 Å². The lowest BCUT2D eigenvalue weighted by atomic mass is 9.71. The molecule has 0 aromatic heterocycles. The number of Topliss-reactive ketones (excluding diaryl/α,β-unsaturated/α-hetero) is 2. The molecule has 1 heterocycles. The Labute approximate surface area is 210 Å². The summed E-state index contributed by atoms with van der Waals surface area (Å²) in [6.45, 7) is 6.41. The van der Waals surface area contributed by atoms with E-state index in [1.54, 1.807) is 12.1 Å². The lowest BCUT2D eigenvalue weighted by Crippen LogP contribution is -2.39. The zero-order valence-electron chi connectivity index (χ0n) is 19.9. The third-order valence-electron chi connectivity index (χ3n) is 6.65. The number of nitrogens with zero attached hydrogens (tertiary/aromatic N) is 1. The van der Waals surface area contributed by atoms with Crippen LogP contribution in [0.2, 0.25) is 5.02 Å². The fourth-order valence-electron chi connectivity index (χ4n) is 5.33. The maximum absolute atomic E-state index is 13.3. The minimum absolute atomic E-state index is 0.0115. The van der Waals surface area contributed by atoms with Gasteiger partial charge in [0.2, 0.25) is 0 Å². The summed E-state index contributed by atoms with van der Waals surface area (Å²) in [6.07, 6.45) is 5.05. The Balaban J connectivity index is 1.91. The van der Waals surface area contributed by atoms with E-state index < -0.39 is 11.9 Å². The zero-order valence-corrected chi connectivity index (χ0v) is 20.7. The molecule has 0 radical (unpaired) electrons. The Hall–Kier alpha value is -3.06. The highest BCUT2D eigenvalue weighted by Gasteiger charge is 2.43. The first-order valence-electron chi connectivity index (χ1n) is 12.1. The molecule has 186 valence electrons. The normalized spacial score (nSPS) is 18.4. The Morgan fingerprint density at radius 2 is 1.74 bits per heavy atom. The highest BCUT2D eigenvalue weighted by Crippen LogP contribution is 2.51. The summed E-state index contributed by atoms with van der Waals surface area (Å²) in [5, 5.41) is 9.66. The second kappa shape index (κ2) is 10.7. The van der Waals surface area contributed by atoms with Crippen molar-refractivity contribution in [3.63, 3.8) is 0 Å². The molecule has 0 saturated carbocycles. The molecule has 4 rings (SSSR count). The van der Waals surface area contributed by atoms with Crippen LogP contribution >= 0.6 is 11.6 Å². The van der Waals surface area contributed by atoms with Crippen molar-refractivity contribution in [2.45, 2.75) is 57.8 Å². The molecule has 1 aliphatic heterocycles. The van der Waals surface area contributed by atoms with Gasteiger partial charge in [-0.25, -0.2) is 0 Å². The van der Waals surface area contributed by atoms with Crippen molar-refractivity contribution < 1.29 is 29.0 Å². The maximum atomic E-state index is 13.3. The number of carbonyl (C=O) groups excluding carboxylic acids is 2. The van der Waals surface area contributed by atoms with Gasteiger partial charge in [0.05, 0.1) is 18.1 Å². The van der Waals surface area contributed by atoms with Gasteiger partial charge in [-0.3, -0.25) is 14.4 Å². The molecule has 1 N–H and O–H groups in total. The average molecular weight is 500 g/mol. The molecule has 0 spiro atoms. The quantitative estimate of drug-likeness (QED) is 0.467. The van der Waals surface area contributed by atoms with Gasteiger partial charge < -0.3 is 19.5 Å². The van der Waals surface area contributed by atoms with Crippen molar-refractivity contribution in [3.8, 4) is 11.5 Å². The van der Waals surface area contributed by atoms with Gasteiger partial charge >= 0.3 is 5.97 Å². The smallest absolute Gasteiger partial charge is 0.305 e. The zero-order chi connectivity index (χ0) is 25.1. The fraction of sp³-hybridized carbons (Fsp3) is 0.444. The van der Waals surface area contributed by atoms with Crippen molar-refractivity contribution >= 4 is 29.1 Å². The molecule has 1 aromatic rings. The van der Waals surface area contributed by atoms with Crippen LogP contribution in [0.1, 0.15) is 63.4 Å². The molecule has 3 aliphatic rings. The summed E-state index contributed by atoms with van der Waals surface area (Å²) in [5.41, 5.74) is 3.53. The van der Waals surface area contributed by atoms with Gasteiger partial charge in [-0.15, -0.1) is 0 Å². The molecule has 0 unspecified atom stereocenters. The third-order valence-corrected chi connectivity index (χ3v) is 6.93. The largest absolute Gasteiger partial charge is 0.490 e. The first-order valence-corrected chi connectivity index (χ1v) is 12.5. The van der Waals surface area contributed by atoms with Crippen molar-refractivity contribution in [1.82, 2.24) is 4.90 Å². The van der Waals surface area contributed by atoms with Gasteiger partial charge in [0.1, 0.15) is 6.61 Å². The molecule has 0 amide bonds. The molecule has 8 heteroatoms. The Bertz CT molecular complexity index is 1090. The van der Waals surface area contributed by atoms with E-state index in [9.17, 15) is 19.5 Å². The van der Waals surface area contributed by atoms with E-state index in [0.29, 0.717) is 78.4 Å². The molecule has 0 bridgehead atoms. The molecule has 0 saturated heterocycles. The van der Waals surface area contributed by atoms with Gasteiger partial charge in [0, 0.05) is 47.8 Å². The lowest BCUT2D eigenvalue weighted by Gasteiger charge is -2.44. The molecule has 35 heavy (non-hydrogen) atoms. The van der Waals surface area contributed by atoms with Gasteiger partial charge in [0.15, 0.2) is 23.1 Å². The van der Waals surface area contributed by atoms with Crippen LogP contribution in [-0.2, 0) is 14.4 Å². The number of allylic oxidation sites excluding steroid dienone is 4. The van der Waals surface area contributed by atoms with Crippen LogP contribution in [0.15, 0.2) is 47.3 Å². The van der Waals surface area contributed by atoms with E-state index in [1.165, 1.54) is 0 Å². The van der Waals surface area contributed by atoms with E-state index in [0.717, 1.165) is 11.4 Å². The number of ketones is 2. The summed E-state index contributed by atoms with van der Waals surface area (Å²) < 4.78 is 11.6. The van der Waals surface area contributed by atoms with E-state index in [1.807, 2.05) is 17.9 Å². The van der Waals surface area contributed by atoms with E-state index in [-0.39, 0.29) is 31.1 Å². The van der Waals surface area contributed by atoms with Crippen LogP contribution in [0.25, 0.3) is 0 Å². The van der Waals surface area contributed by atoms with Crippen molar-refractivity contribution in [1.29, 1.82) is 0 Å². The van der Waals surface area contributed by atoms with E-state index >= 15 is 0 Å². The standard InChI is InChI=1S/C27H30ClNO6/c1-3-13-35-27-17(28)14-16(15-22(27)34-4-2)24-25-18(7-5-9-20(25)30)29(12-11-23(32)33)19-8-6-10-21(31)26(19)24/h3,14-15,24H,1,4-13H2,2H3,(H,32,33). The second-order valence-electron chi connectivity index (χ2n) is 8.87. The molecular weight excluding hydrogens is 470 g/mol. The topological polar surface area (TPSA) is 93.1 Å². The number of benzene rings is 1. The van der Waals surface area contributed by atoms with Gasteiger partial charge in [-0.2, -0.15) is 0 Å². The summed E-state index contributed by atoms with van der Waals surface area (Å²) in [7, 11) is 0. The summed E-state index contributed by atoms with van der Waals surface area (Å²) in [4.78, 5) is 40.0. The van der Waals surface area contributed by atoms with Crippen molar-refractivity contribution in [3.05, 3.63) is 57.9 Å². The molecule has 1 aromatic carbocycles. The number of carbonyl (C=O) groups is 3. The predicted octanol–water partition coefficient (Wildman–Crippen LogP) is 5.19. The predicted molar refractivity (Wildman–Crippen MR) is 132 cm³/mol. The van der Waals surface area contributed by atoms with Crippen LogP contribution < -0.4 is 9.47 Å². The lowest BCUT2D eigenvalue weighted by molar-refractivity contribution is -0.137. The van der Waals surface area contributed by atoms with Crippen LogP contribution in [0.3, 0.4) is 0 Å². The number of aliphatic carboxylic acids is 1. The third kappa shape index (κ3) is 4.87. The van der Waals surface area contributed by atoms with Gasteiger partial charge in [-0.1, -0.05) is 24.3 Å². The van der Waals surface area contributed by atoms with Crippen LogP contribution in [0.4, 0.5) is 0 Å².